The monoisotopic (exact) mass is 606 g/mol. The molecule has 0 aromatic heterocycles. The van der Waals surface area contributed by atoms with E-state index in [1.54, 1.807) is 24.3 Å². The van der Waals surface area contributed by atoms with Gasteiger partial charge in [-0.25, -0.2) is 14.4 Å². The van der Waals surface area contributed by atoms with E-state index in [-0.39, 0.29) is 44.7 Å². The second-order valence-corrected chi connectivity index (χ2v) is 8.58. The summed E-state index contributed by atoms with van der Waals surface area (Å²) in [5, 5.41) is 36.3. The second kappa shape index (κ2) is 15.5. The summed E-state index contributed by atoms with van der Waals surface area (Å²) in [6.45, 7) is 0.0186. The van der Waals surface area contributed by atoms with E-state index in [1.165, 1.54) is 0 Å². The van der Waals surface area contributed by atoms with E-state index in [4.69, 9.17) is 10.2 Å². The maximum atomic E-state index is 12.1. The minimum Gasteiger partial charge on any atom is -0.481 e. The predicted molar refractivity (Wildman–Crippen MR) is 130 cm³/mol. The summed E-state index contributed by atoms with van der Waals surface area (Å²) in [6.07, 6.45) is -0.710. The van der Waals surface area contributed by atoms with Gasteiger partial charge in [-0.15, -0.1) is 0 Å². The van der Waals surface area contributed by atoms with Crippen LogP contribution in [0.1, 0.15) is 42.5 Å². The van der Waals surface area contributed by atoms with E-state index in [0.717, 1.165) is 3.57 Å². The summed E-state index contributed by atoms with van der Waals surface area (Å²) in [5.41, 5.74) is 0.480. The molecule has 0 heterocycles. The molecular weight excluding hydrogens is 579 g/mol. The number of amides is 4. The van der Waals surface area contributed by atoms with Crippen molar-refractivity contribution >= 4 is 58.3 Å². The van der Waals surface area contributed by atoms with Gasteiger partial charge in [0.25, 0.3) is 5.91 Å². The smallest absolute Gasteiger partial charge is 0.326 e. The van der Waals surface area contributed by atoms with Gasteiger partial charge in [0.15, 0.2) is 0 Å². The SMILES string of the molecule is O=C(O)CC[C@H](NC(=O)NCC[C@H](NC(=O)CCCNC(=O)c1ccc(I)cc1)C(=O)O)C(=O)O. The number of carboxylic acid groups (broad SMARTS) is 3. The van der Waals surface area contributed by atoms with Crippen LogP contribution in [0, 0.1) is 3.57 Å². The molecule has 1 aromatic carbocycles. The number of benzene rings is 1. The van der Waals surface area contributed by atoms with Crippen molar-refractivity contribution in [1.82, 2.24) is 21.3 Å². The van der Waals surface area contributed by atoms with Crippen LogP contribution in [0.25, 0.3) is 0 Å². The van der Waals surface area contributed by atoms with Crippen LogP contribution in [0.3, 0.4) is 0 Å². The van der Waals surface area contributed by atoms with Crippen LogP contribution >= 0.6 is 22.6 Å². The molecule has 0 spiro atoms. The fraction of sp³-hybridized carbons (Fsp3) is 0.429. The summed E-state index contributed by atoms with van der Waals surface area (Å²) < 4.78 is 0.986. The van der Waals surface area contributed by atoms with Crippen LogP contribution in [-0.2, 0) is 19.2 Å². The quantitative estimate of drug-likeness (QED) is 0.109. The molecule has 192 valence electrons. The molecular formula is C21H27IN4O9. The Morgan fingerprint density at radius 1 is 0.771 bits per heavy atom. The average Bonchev–Trinajstić information content (AvgIpc) is 2.78. The van der Waals surface area contributed by atoms with Crippen molar-refractivity contribution in [2.45, 2.75) is 44.2 Å². The van der Waals surface area contributed by atoms with Crippen molar-refractivity contribution in [1.29, 1.82) is 0 Å². The molecule has 0 aliphatic rings. The molecule has 14 heteroatoms. The summed E-state index contributed by atoms with van der Waals surface area (Å²) in [7, 11) is 0. The zero-order valence-electron chi connectivity index (χ0n) is 18.6. The van der Waals surface area contributed by atoms with Gasteiger partial charge in [0.1, 0.15) is 12.1 Å². The van der Waals surface area contributed by atoms with E-state index >= 15 is 0 Å². The highest BCUT2D eigenvalue weighted by Gasteiger charge is 2.22. The Balaban J connectivity index is 2.35. The number of carbonyl (C=O) groups is 6. The van der Waals surface area contributed by atoms with Crippen molar-refractivity contribution in [3.8, 4) is 0 Å². The third kappa shape index (κ3) is 12.6. The number of carboxylic acids is 3. The first kappa shape index (κ1) is 29.6. The lowest BCUT2D eigenvalue weighted by Gasteiger charge is -2.17. The lowest BCUT2D eigenvalue weighted by atomic mass is 10.1. The van der Waals surface area contributed by atoms with E-state index in [2.05, 4.69) is 43.9 Å². The number of nitrogens with one attached hydrogen (secondary N) is 4. The Morgan fingerprint density at radius 2 is 1.37 bits per heavy atom. The molecule has 0 aliphatic heterocycles. The number of hydrogen-bond donors (Lipinski definition) is 7. The first-order valence-electron chi connectivity index (χ1n) is 10.5. The molecule has 0 saturated heterocycles. The molecule has 1 aromatic rings. The van der Waals surface area contributed by atoms with Crippen molar-refractivity contribution in [3.05, 3.63) is 33.4 Å². The number of hydrogen-bond acceptors (Lipinski definition) is 6. The molecule has 0 bridgehead atoms. The standard InChI is InChI=1S/C21H27IN4O9/c22-13-5-3-12(4-6-13)18(30)23-10-1-2-16(27)25-15(20(33)34)9-11-24-21(35)26-14(19(31)32)7-8-17(28)29/h3-6,14-15H,1-2,7-11H2,(H,23,30)(H,25,27)(H,28,29)(H,31,32)(H,33,34)(H2,24,26,35)/t14-,15-/m0/s1. The number of aliphatic carboxylic acids is 3. The highest BCUT2D eigenvalue weighted by atomic mass is 127. The van der Waals surface area contributed by atoms with Gasteiger partial charge in [-0.1, -0.05) is 0 Å². The molecule has 0 radical (unpaired) electrons. The van der Waals surface area contributed by atoms with E-state index in [1.807, 2.05) is 0 Å². The van der Waals surface area contributed by atoms with Crippen LogP contribution in [0.2, 0.25) is 0 Å². The number of carbonyl (C=O) groups excluding carboxylic acids is 3. The van der Waals surface area contributed by atoms with Crippen molar-refractivity contribution < 1.29 is 44.1 Å². The van der Waals surface area contributed by atoms with Crippen molar-refractivity contribution in [2.75, 3.05) is 13.1 Å². The van der Waals surface area contributed by atoms with E-state index < -0.39 is 48.4 Å². The number of urea groups is 1. The molecule has 4 amide bonds. The third-order valence-electron chi connectivity index (χ3n) is 4.57. The Kier molecular flexibility index (Phi) is 13.1. The molecule has 1 rings (SSSR count). The summed E-state index contributed by atoms with van der Waals surface area (Å²) in [4.78, 5) is 68.9. The van der Waals surface area contributed by atoms with Crippen LogP contribution in [0.4, 0.5) is 4.79 Å². The predicted octanol–water partition coefficient (Wildman–Crippen LogP) is 0.378. The maximum Gasteiger partial charge on any atom is 0.326 e. The Labute approximate surface area is 214 Å². The first-order chi connectivity index (χ1) is 16.5. The minimum absolute atomic E-state index is 0.0332. The Bertz CT molecular complexity index is 924. The number of halogens is 1. The zero-order chi connectivity index (χ0) is 26.4. The van der Waals surface area contributed by atoms with Gasteiger partial charge in [0.05, 0.1) is 0 Å². The topological polar surface area (TPSA) is 211 Å². The zero-order valence-corrected chi connectivity index (χ0v) is 20.7. The van der Waals surface area contributed by atoms with Gasteiger partial charge >= 0.3 is 23.9 Å². The largest absolute Gasteiger partial charge is 0.481 e. The first-order valence-corrected chi connectivity index (χ1v) is 11.6. The molecule has 13 nitrogen and oxygen atoms in total. The highest BCUT2D eigenvalue weighted by molar-refractivity contribution is 14.1. The van der Waals surface area contributed by atoms with Gasteiger partial charge in [-0.2, -0.15) is 0 Å². The maximum absolute atomic E-state index is 12.1. The van der Waals surface area contributed by atoms with Gasteiger partial charge in [0.2, 0.25) is 5.91 Å². The van der Waals surface area contributed by atoms with Gasteiger partial charge in [0, 0.05) is 35.1 Å². The molecule has 0 unspecified atom stereocenters. The number of rotatable bonds is 15. The van der Waals surface area contributed by atoms with Gasteiger partial charge < -0.3 is 36.6 Å². The summed E-state index contributed by atoms with van der Waals surface area (Å²) in [6, 6.07) is 3.29. The average molecular weight is 606 g/mol. The molecule has 0 aliphatic carbocycles. The van der Waals surface area contributed by atoms with Crippen LogP contribution in [-0.4, -0.2) is 76.2 Å². The highest BCUT2D eigenvalue weighted by Crippen LogP contribution is 2.06. The lowest BCUT2D eigenvalue weighted by molar-refractivity contribution is -0.142. The molecule has 0 saturated carbocycles. The molecule has 2 atom stereocenters. The summed E-state index contributed by atoms with van der Waals surface area (Å²) in [5.74, 6) is -4.79. The van der Waals surface area contributed by atoms with Crippen molar-refractivity contribution in [2.24, 2.45) is 0 Å². The normalized spacial score (nSPS) is 12.0. The fourth-order valence-corrected chi connectivity index (χ4v) is 3.10. The summed E-state index contributed by atoms with van der Waals surface area (Å²) >= 11 is 2.12. The third-order valence-corrected chi connectivity index (χ3v) is 5.29. The molecule has 35 heavy (non-hydrogen) atoms. The lowest BCUT2D eigenvalue weighted by Crippen LogP contribution is -2.48. The van der Waals surface area contributed by atoms with Gasteiger partial charge in [-0.05, 0) is 66.1 Å². The van der Waals surface area contributed by atoms with Crippen LogP contribution in [0.5, 0.6) is 0 Å². The van der Waals surface area contributed by atoms with Crippen LogP contribution in [0.15, 0.2) is 24.3 Å². The van der Waals surface area contributed by atoms with E-state index in [9.17, 15) is 33.9 Å². The molecule has 0 fully saturated rings. The second-order valence-electron chi connectivity index (χ2n) is 7.34. The van der Waals surface area contributed by atoms with Crippen molar-refractivity contribution in [3.63, 3.8) is 0 Å². The molecule has 7 N–H and O–H groups in total. The Morgan fingerprint density at radius 3 is 1.94 bits per heavy atom. The van der Waals surface area contributed by atoms with Crippen LogP contribution < -0.4 is 21.3 Å². The van der Waals surface area contributed by atoms with E-state index in [0.29, 0.717) is 5.56 Å². The minimum atomic E-state index is -1.42. The fourth-order valence-electron chi connectivity index (χ4n) is 2.74. The van der Waals surface area contributed by atoms with Gasteiger partial charge in [-0.3, -0.25) is 14.4 Å². The Hall–Kier alpha value is -3.43.